The molecule has 40 valence electrons. The van der Waals surface area contributed by atoms with Crippen LogP contribution in [0.4, 0.5) is 0 Å². The molecule has 7 heavy (non-hydrogen) atoms. The van der Waals surface area contributed by atoms with Crippen molar-refractivity contribution in [1.82, 2.24) is 0 Å². The van der Waals surface area contributed by atoms with Crippen LogP contribution in [0.2, 0.25) is 0 Å². The fourth-order valence-electron chi connectivity index (χ4n) is 0.177. The van der Waals surface area contributed by atoms with Crippen molar-refractivity contribution in [3.05, 3.63) is 9.78 Å². The van der Waals surface area contributed by atoms with E-state index < -0.39 is 0 Å². The molecule has 0 fully saturated rings. The summed E-state index contributed by atoms with van der Waals surface area (Å²) < 4.78 is 1.20. The smallest absolute Gasteiger partial charge is 0.0353 e. The molecule has 0 aliphatic carbocycles. The second kappa shape index (κ2) is 4.30. The molecule has 0 bridgehead atoms. The maximum absolute atomic E-state index is 3.88. The summed E-state index contributed by atoms with van der Waals surface area (Å²) in [6.45, 7) is 3.91. The first-order valence-electron chi connectivity index (χ1n) is 2.07. The summed E-state index contributed by atoms with van der Waals surface area (Å²) in [5.41, 5.74) is 0. The van der Waals surface area contributed by atoms with E-state index in [-0.39, 0.29) is 0 Å². The Kier molecular flexibility index (Phi) is 4.39. The van der Waals surface area contributed by atoms with Gasteiger partial charge in [-0.1, -0.05) is 0 Å². The molecule has 1 nitrogen and oxygen atoms in total. The first-order valence-corrected chi connectivity index (χ1v) is 3.15. The van der Waals surface area contributed by atoms with Gasteiger partial charge in [0.2, 0.25) is 0 Å². The van der Waals surface area contributed by atoms with Gasteiger partial charge in [0.1, 0.15) is 0 Å². The van der Waals surface area contributed by atoms with Crippen LogP contribution in [0.25, 0.3) is 0 Å². The zero-order valence-corrected chi connectivity index (χ0v) is 6.64. The second-order valence-corrected chi connectivity index (χ2v) is 2.82. The highest BCUT2D eigenvalue weighted by atomic mass is 127. The van der Waals surface area contributed by atoms with Gasteiger partial charge >= 0.3 is 0 Å². The molecule has 0 aliphatic heterocycles. The molecular weight excluding hydrogens is 201 g/mol. The molecule has 0 N–H and O–H groups in total. The molecule has 0 unspecified atom stereocenters. The topological polar surface area (TPSA) is 12.4 Å². The molecule has 0 saturated heterocycles. The van der Waals surface area contributed by atoms with Crippen molar-refractivity contribution < 1.29 is 0 Å². The number of hydrogen-bond donors (Lipinski definition) is 0. The first-order chi connectivity index (χ1) is 3.27. The summed E-state index contributed by atoms with van der Waals surface area (Å²) >= 11 is 2.21. The Bertz CT molecular complexity index is 90.3. The van der Waals surface area contributed by atoms with Crippen LogP contribution in [0.15, 0.2) is 14.8 Å². The van der Waals surface area contributed by atoms with Gasteiger partial charge in [-0.15, -0.1) is 0 Å². The van der Waals surface area contributed by atoms with Gasteiger partial charge in [0.15, 0.2) is 0 Å². The number of allylic oxidation sites excluding steroid dienone is 1. The van der Waals surface area contributed by atoms with Crippen molar-refractivity contribution in [1.29, 1.82) is 0 Å². The predicted molar refractivity (Wildman–Crippen MR) is 41.9 cm³/mol. The SMILES string of the molecule is C/C=N\C=C(/C)I. The van der Waals surface area contributed by atoms with E-state index in [4.69, 9.17) is 0 Å². The fourth-order valence-corrected chi connectivity index (χ4v) is 0.338. The lowest BCUT2D eigenvalue weighted by Crippen LogP contribution is -1.55. The molecule has 0 aromatic rings. The van der Waals surface area contributed by atoms with Crippen LogP contribution in [0.1, 0.15) is 13.8 Å². The highest BCUT2D eigenvalue weighted by Gasteiger charge is 1.68. The maximum atomic E-state index is 3.88. The predicted octanol–water partition coefficient (Wildman–Crippen LogP) is 2.37. The van der Waals surface area contributed by atoms with E-state index in [9.17, 15) is 0 Å². The number of nitrogens with zero attached hydrogens (tertiary/aromatic N) is 1. The second-order valence-electron chi connectivity index (χ2n) is 1.12. The molecule has 0 heterocycles. The van der Waals surface area contributed by atoms with E-state index in [1.54, 1.807) is 6.21 Å². The minimum atomic E-state index is 1.20. The lowest BCUT2D eigenvalue weighted by Gasteiger charge is -1.75. The maximum Gasteiger partial charge on any atom is 0.0353 e. The third kappa shape index (κ3) is 6.14. The van der Waals surface area contributed by atoms with E-state index in [1.165, 1.54) is 3.58 Å². The third-order valence-electron chi connectivity index (χ3n) is 0.402. The Balaban J connectivity index is 3.46. The average Bonchev–Trinajstić information content (AvgIpc) is 1.61. The Morgan fingerprint density at radius 2 is 2.29 bits per heavy atom. The van der Waals surface area contributed by atoms with Gasteiger partial charge in [-0.05, 0) is 36.4 Å². The fraction of sp³-hybridized carbons (Fsp3) is 0.400. The van der Waals surface area contributed by atoms with E-state index in [2.05, 4.69) is 27.6 Å². The number of aliphatic imine (C=N–C) groups is 1. The quantitative estimate of drug-likeness (QED) is 0.464. The molecule has 0 radical (unpaired) electrons. The van der Waals surface area contributed by atoms with Gasteiger partial charge in [-0.2, -0.15) is 0 Å². The van der Waals surface area contributed by atoms with Crippen LogP contribution in [0, 0.1) is 0 Å². The van der Waals surface area contributed by atoms with Crippen molar-refractivity contribution >= 4 is 28.8 Å². The van der Waals surface area contributed by atoms with Gasteiger partial charge in [0.05, 0.1) is 0 Å². The van der Waals surface area contributed by atoms with E-state index in [1.807, 2.05) is 20.0 Å². The molecule has 0 aliphatic rings. The van der Waals surface area contributed by atoms with E-state index in [0.717, 1.165) is 0 Å². The average molecular weight is 209 g/mol. The van der Waals surface area contributed by atoms with Crippen LogP contribution in [-0.2, 0) is 0 Å². The largest absolute Gasteiger partial charge is 0.269 e. The summed E-state index contributed by atoms with van der Waals surface area (Å²) in [6, 6.07) is 0. The molecule has 0 amide bonds. The summed E-state index contributed by atoms with van der Waals surface area (Å²) in [7, 11) is 0. The summed E-state index contributed by atoms with van der Waals surface area (Å²) in [5, 5.41) is 0. The Morgan fingerprint density at radius 1 is 1.71 bits per heavy atom. The zero-order valence-electron chi connectivity index (χ0n) is 4.48. The lowest BCUT2D eigenvalue weighted by atomic mass is 10.7. The van der Waals surface area contributed by atoms with Crippen molar-refractivity contribution in [2.45, 2.75) is 13.8 Å². The molecule has 0 saturated carbocycles. The molecule has 2 heteroatoms. The van der Waals surface area contributed by atoms with Gasteiger partial charge in [0, 0.05) is 16.0 Å². The van der Waals surface area contributed by atoms with Crippen LogP contribution in [0.5, 0.6) is 0 Å². The third-order valence-corrected chi connectivity index (χ3v) is 0.680. The standard InChI is InChI=1S/C5H8IN/c1-3-7-4-5(2)6/h3-4H,1-2H3/b5-4+,7-3-. The van der Waals surface area contributed by atoms with Gasteiger partial charge in [0.25, 0.3) is 0 Å². The summed E-state index contributed by atoms with van der Waals surface area (Å²) in [5.74, 6) is 0. The molecule has 0 spiro atoms. The lowest BCUT2D eigenvalue weighted by molar-refractivity contribution is 1.52. The van der Waals surface area contributed by atoms with Crippen molar-refractivity contribution in [3.63, 3.8) is 0 Å². The molecule has 0 aromatic heterocycles. The Labute approximate surface area is 57.7 Å². The highest BCUT2D eigenvalue weighted by Crippen LogP contribution is 2.01. The molecular formula is C5H8IN. The van der Waals surface area contributed by atoms with Crippen molar-refractivity contribution in [2.75, 3.05) is 0 Å². The normalized spacial score (nSPS) is 13.3. The highest BCUT2D eigenvalue weighted by molar-refractivity contribution is 14.1. The van der Waals surface area contributed by atoms with Gasteiger partial charge < -0.3 is 0 Å². The molecule has 0 rings (SSSR count). The summed E-state index contributed by atoms with van der Waals surface area (Å²) in [4.78, 5) is 3.88. The van der Waals surface area contributed by atoms with Crippen LogP contribution >= 0.6 is 22.6 Å². The number of hydrogen-bond acceptors (Lipinski definition) is 1. The molecule has 0 atom stereocenters. The minimum absolute atomic E-state index is 1.20. The van der Waals surface area contributed by atoms with Crippen molar-refractivity contribution in [3.8, 4) is 0 Å². The van der Waals surface area contributed by atoms with E-state index >= 15 is 0 Å². The first kappa shape index (κ1) is 7.14. The minimum Gasteiger partial charge on any atom is -0.269 e. The molecule has 0 aromatic carbocycles. The van der Waals surface area contributed by atoms with E-state index in [0.29, 0.717) is 0 Å². The van der Waals surface area contributed by atoms with Gasteiger partial charge in [-0.25, -0.2) is 0 Å². The van der Waals surface area contributed by atoms with Crippen LogP contribution in [0.3, 0.4) is 0 Å². The number of rotatable bonds is 1. The van der Waals surface area contributed by atoms with Crippen molar-refractivity contribution in [2.24, 2.45) is 4.99 Å². The Morgan fingerprint density at radius 3 is 2.43 bits per heavy atom. The number of halogens is 1. The van der Waals surface area contributed by atoms with Gasteiger partial charge in [-0.3, -0.25) is 4.99 Å². The zero-order chi connectivity index (χ0) is 5.70. The van der Waals surface area contributed by atoms with Crippen LogP contribution < -0.4 is 0 Å². The summed E-state index contributed by atoms with van der Waals surface area (Å²) in [6.07, 6.45) is 3.59. The van der Waals surface area contributed by atoms with Crippen LogP contribution in [-0.4, -0.2) is 6.21 Å². The Hall–Kier alpha value is 0.140. The monoisotopic (exact) mass is 209 g/mol.